The van der Waals surface area contributed by atoms with Gasteiger partial charge < -0.3 is 15.1 Å². The van der Waals surface area contributed by atoms with Crippen LogP contribution in [0.15, 0.2) is 35.3 Å². The Morgan fingerprint density at radius 3 is 2.43 bits per heavy atom. The Morgan fingerprint density at radius 2 is 1.75 bits per heavy atom. The summed E-state index contributed by atoms with van der Waals surface area (Å²) < 4.78 is 0. The van der Waals surface area contributed by atoms with E-state index < -0.39 is 0 Å². The van der Waals surface area contributed by atoms with Gasteiger partial charge in [0.25, 0.3) is 0 Å². The van der Waals surface area contributed by atoms with Gasteiger partial charge in [-0.3, -0.25) is 9.89 Å². The third kappa shape index (κ3) is 7.19. The number of nitrogens with one attached hydrogen (secondary N) is 1. The van der Waals surface area contributed by atoms with Gasteiger partial charge in [0, 0.05) is 52.4 Å². The predicted octanol–water partition coefficient (Wildman–Crippen LogP) is 2.77. The van der Waals surface area contributed by atoms with Crippen LogP contribution in [-0.2, 0) is 6.42 Å². The van der Waals surface area contributed by atoms with Gasteiger partial charge in [-0.25, -0.2) is 0 Å². The molecule has 2 aliphatic heterocycles. The number of benzene rings is 1. The minimum atomic E-state index is 0. The van der Waals surface area contributed by atoms with E-state index in [9.17, 15) is 0 Å². The van der Waals surface area contributed by atoms with Gasteiger partial charge in [0.2, 0.25) is 0 Å². The van der Waals surface area contributed by atoms with E-state index in [1.165, 1.54) is 51.1 Å². The Hall–Kier alpha value is -0.860. The Bertz CT molecular complexity index is 572. The zero-order chi connectivity index (χ0) is 18.9. The summed E-state index contributed by atoms with van der Waals surface area (Å²) in [6.45, 7) is 15.5. The molecule has 0 radical (unpaired) electrons. The van der Waals surface area contributed by atoms with Crippen LogP contribution in [0.5, 0.6) is 0 Å². The van der Waals surface area contributed by atoms with E-state index in [0.717, 1.165) is 44.6 Å². The predicted molar refractivity (Wildman–Crippen MR) is 130 cm³/mol. The highest BCUT2D eigenvalue weighted by Gasteiger charge is 2.25. The Kier molecular flexibility index (Phi) is 10.6. The molecule has 2 fully saturated rings. The first-order chi connectivity index (χ1) is 13.3. The van der Waals surface area contributed by atoms with Crippen LogP contribution in [0.2, 0.25) is 0 Å². The molecule has 2 aliphatic rings. The van der Waals surface area contributed by atoms with Crippen LogP contribution in [0.1, 0.15) is 25.8 Å². The summed E-state index contributed by atoms with van der Waals surface area (Å²) in [6.07, 6.45) is 2.44. The number of halogens is 1. The minimum Gasteiger partial charge on any atom is -0.357 e. The standard InChI is InChI=1S/C22H37N5.HI/c1-3-23-22(24-11-13-26-16-14-25(4-2)15-17-26)27-12-10-21(19-27)18-20-8-6-5-7-9-20;/h5-9,21H,3-4,10-19H2,1-2H3,(H,23,24);1H. The molecule has 0 aliphatic carbocycles. The second-order valence-corrected chi connectivity index (χ2v) is 7.80. The fourth-order valence-corrected chi connectivity index (χ4v) is 4.19. The quantitative estimate of drug-likeness (QED) is 0.356. The highest BCUT2D eigenvalue weighted by Crippen LogP contribution is 2.20. The zero-order valence-corrected chi connectivity index (χ0v) is 20.0. The smallest absolute Gasteiger partial charge is 0.193 e. The van der Waals surface area contributed by atoms with Crippen LogP contribution in [-0.4, -0.2) is 86.1 Å². The average Bonchev–Trinajstić information content (AvgIpc) is 3.17. The van der Waals surface area contributed by atoms with Crippen molar-refractivity contribution in [3.8, 4) is 0 Å². The van der Waals surface area contributed by atoms with Crippen LogP contribution in [0, 0.1) is 5.92 Å². The number of aliphatic imine (C=N–C) groups is 1. The van der Waals surface area contributed by atoms with Crippen molar-refractivity contribution in [1.82, 2.24) is 20.0 Å². The first kappa shape index (κ1) is 23.4. The molecule has 0 amide bonds. The lowest BCUT2D eigenvalue weighted by Crippen LogP contribution is -2.47. The monoisotopic (exact) mass is 499 g/mol. The van der Waals surface area contributed by atoms with Crippen LogP contribution in [0.3, 0.4) is 0 Å². The molecule has 5 nitrogen and oxygen atoms in total. The molecule has 28 heavy (non-hydrogen) atoms. The van der Waals surface area contributed by atoms with Crippen LogP contribution in [0.4, 0.5) is 0 Å². The summed E-state index contributed by atoms with van der Waals surface area (Å²) in [5.41, 5.74) is 1.46. The maximum absolute atomic E-state index is 4.95. The number of nitrogens with zero attached hydrogens (tertiary/aromatic N) is 4. The Morgan fingerprint density at radius 1 is 1.04 bits per heavy atom. The number of likely N-dealkylation sites (N-methyl/N-ethyl adjacent to an activating group) is 1. The molecule has 1 atom stereocenters. The number of rotatable bonds is 7. The second-order valence-electron chi connectivity index (χ2n) is 7.80. The normalized spacial score (nSPS) is 21.6. The van der Waals surface area contributed by atoms with E-state index in [1.54, 1.807) is 0 Å². The summed E-state index contributed by atoms with van der Waals surface area (Å²) in [5, 5.41) is 3.51. The molecule has 0 spiro atoms. The number of hydrogen-bond donors (Lipinski definition) is 1. The van der Waals surface area contributed by atoms with Crippen molar-refractivity contribution in [3.05, 3.63) is 35.9 Å². The van der Waals surface area contributed by atoms with Crippen LogP contribution in [0.25, 0.3) is 0 Å². The van der Waals surface area contributed by atoms with Crippen molar-refractivity contribution < 1.29 is 0 Å². The first-order valence-corrected chi connectivity index (χ1v) is 10.8. The number of likely N-dealkylation sites (tertiary alicyclic amines) is 1. The van der Waals surface area contributed by atoms with Gasteiger partial charge in [0.1, 0.15) is 0 Å². The van der Waals surface area contributed by atoms with Gasteiger partial charge in [-0.15, -0.1) is 24.0 Å². The molecule has 1 aromatic carbocycles. The Balaban J connectivity index is 0.00000280. The van der Waals surface area contributed by atoms with Crippen molar-refractivity contribution in [2.75, 3.05) is 65.4 Å². The fraction of sp³-hybridized carbons (Fsp3) is 0.682. The van der Waals surface area contributed by atoms with E-state index in [-0.39, 0.29) is 24.0 Å². The highest BCUT2D eigenvalue weighted by atomic mass is 127. The van der Waals surface area contributed by atoms with E-state index in [1.807, 2.05) is 0 Å². The molecule has 158 valence electrons. The largest absolute Gasteiger partial charge is 0.357 e. The molecular weight excluding hydrogens is 461 g/mol. The summed E-state index contributed by atoms with van der Waals surface area (Å²) in [5.74, 6) is 1.85. The lowest BCUT2D eigenvalue weighted by atomic mass is 9.99. The second kappa shape index (κ2) is 12.6. The van der Waals surface area contributed by atoms with Crippen molar-refractivity contribution in [2.24, 2.45) is 10.9 Å². The highest BCUT2D eigenvalue weighted by molar-refractivity contribution is 14.0. The summed E-state index contributed by atoms with van der Waals surface area (Å²) in [4.78, 5) is 12.5. The first-order valence-electron chi connectivity index (χ1n) is 10.8. The topological polar surface area (TPSA) is 34.1 Å². The zero-order valence-electron chi connectivity index (χ0n) is 17.6. The molecule has 0 bridgehead atoms. The molecule has 1 aromatic rings. The molecule has 6 heteroatoms. The maximum Gasteiger partial charge on any atom is 0.193 e. The van der Waals surface area contributed by atoms with Gasteiger partial charge in [0.15, 0.2) is 5.96 Å². The Labute approximate surface area is 188 Å². The summed E-state index contributed by atoms with van der Waals surface area (Å²) in [6, 6.07) is 10.9. The van der Waals surface area contributed by atoms with E-state index >= 15 is 0 Å². The molecule has 1 unspecified atom stereocenters. The number of guanidine groups is 1. The minimum absolute atomic E-state index is 0. The third-order valence-electron chi connectivity index (χ3n) is 5.88. The lowest BCUT2D eigenvalue weighted by molar-refractivity contribution is 0.140. The molecule has 0 aromatic heterocycles. The van der Waals surface area contributed by atoms with Crippen molar-refractivity contribution >= 4 is 29.9 Å². The van der Waals surface area contributed by atoms with Gasteiger partial charge in [-0.05, 0) is 37.8 Å². The van der Waals surface area contributed by atoms with Crippen molar-refractivity contribution in [3.63, 3.8) is 0 Å². The molecule has 0 saturated carbocycles. The van der Waals surface area contributed by atoms with E-state index in [2.05, 4.69) is 64.2 Å². The van der Waals surface area contributed by atoms with Crippen molar-refractivity contribution in [1.29, 1.82) is 0 Å². The van der Waals surface area contributed by atoms with Crippen molar-refractivity contribution in [2.45, 2.75) is 26.7 Å². The maximum atomic E-state index is 4.95. The van der Waals surface area contributed by atoms with Gasteiger partial charge in [0.05, 0.1) is 6.54 Å². The molecule has 2 heterocycles. The molecular formula is C22H38IN5. The fourth-order valence-electron chi connectivity index (χ4n) is 4.19. The summed E-state index contributed by atoms with van der Waals surface area (Å²) in [7, 11) is 0. The van der Waals surface area contributed by atoms with E-state index in [4.69, 9.17) is 4.99 Å². The van der Waals surface area contributed by atoms with E-state index in [0.29, 0.717) is 0 Å². The van der Waals surface area contributed by atoms with Gasteiger partial charge >= 0.3 is 0 Å². The molecule has 2 saturated heterocycles. The van der Waals surface area contributed by atoms with Gasteiger partial charge in [-0.2, -0.15) is 0 Å². The number of hydrogen-bond acceptors (Lipinski definition) is 3. The molecule has 3 rings (SSSR count). The van der Waals surface area contributed by atoms with Crippen LogP contribution >= 0.6 is 24.0 Å². The SMILES string of the molecule is CCNC(=NCCN1CCN(CC)CC1)N1CCC(Cc2ccccc2)C1.I. The van der Waals surface area contributed by atoms with Crippen LogP contribution < -0.4 is 5.32 Å². The average molecular weight is 499 g/mol. The summed E-state index contributed by atoms with van der Waals surface area (Å²) >= 11 is 0. The van der Waals surface area contributed by atoms with Gasteiger partial charge in [-0.1, -0.05) is 37.3 Å². The number of piperazine rings is 1. The lowest BCUT2D eigenvalue weighted by Gasteiger charge is -2.33. The third-order valence-corrected chi connectivity index (χ3v) is 5.88. The molecule has 1 N–H and O–H groups in total.